The van der Waals surface area contributed by atoms with Crippen molar-refractivity contribution in [1.29, 1.82) is 0 Å². The average Bonchev–Trinajstić information content (AvgIpc) is 2.32. The van der Waals surface area contributed by atoms with Crippen LogP contribution in [0.2, 0.25) is 5.04 Å². The van der Waals surface area contributed by atoms with Gasteiger partial charge in [0.25, 0.3) is 0 Å². The molecule has 0 bridgehead atoms. The molecule has 0 unspecified atom stereocenters. The number of rotatable bonds is 6. The second kappa shape index (κ2) is 9.05. The highest BCUT2D eigenvalue weighted by Gasteiger charge is 2.53. The van der Waals surface area contributed by atoms with E-state index in [0.29, 0.717) is 0 Å². The van der Waals surface area contributed by atoms with E-state index in [1.807, 2.05) is 13.8 Å². The van der Waals surface area contributed by atoms with E-state index >= 15 is 0 Å². The van der Waals surface area contributed by atoms with E-state index in [4.69, 9.17) is 18.4 Å². The van der Waals surface area contributed by atoms with Crippen molar-refractivity contribution >= 4 is 8.80 Å². The molecule has 0 aromatic rings. The van der Waals surface area contributed by atoms with E-state index < -0.39 is 13.8 Å². The van der Waals surface area contributed by atoms with Crippen LogP contribution in [0.15, 0.2) is 0 Å². The van der Waals surface area contributed by atoms with Gasteiger partial charge in [0.15, 0.2) is 0 Å². The highest BCUT2D eigenvalue weighted by atomic mass is 28.4. The molecule has 0 aromatic carbocycles. The summed E-state index contributed by atoms with van der Waals surface area (Å²) in [7, 11) is 4.84. The van der Waals surface area contributed by atoms with Crippen LogP contribution in [0.1, 0.15) is 13.8 Å². The van der Waals surface area contributed by atoms with Crippen molar-refractivity contribution in [1.82, 2.24) is 0 Å². The summed E-state index contributed by atoms with van der Waals surface area (Å²) in [6.45, 7) is 3.69. The number of aliphatic hydroxyl groups is 1. The fraction of sp³-hybridized carbons (Fsp3) is 1.00. The molecule has 0 aromatic heterocycles. The molecule has 0 amide bonds. The monoisotopic (exact) mass is 256 g/mol. The molecule has 1 N–H and O–H groups in total. The van der Waals surface area contributed by atoms with Crippen molar-refractivity contribution in [2.75, 3.05) is 42.2 Å². The van der Waals surface area contributed by atoms with Gasteiger partial charge >= 0.3 is 8.80 Å². The summed E-state index contributed by atoms with van der Waals surface area (Å²) >= 11 is 0. The lowest BCUT2D eigenvalue weighted by Gasteiger charge is -2.36. The molecule has 100 valence electrons. The zero-order chi connectivity index (χ0) is 13.2. The van der Waals surface area contributed by atoms with Crippen LogP contribution in [0.25, 0.3) is 0 Å². The summed E-state index contributed by atoms with van der Waals surface area (Å²) < 4.78 is 15.7. The number of hydrogen-bond donors (Lipinski definition) is 1. The van der Waals surface area contributed by atoms with Crippen LogP contribution in [-0.4, -0.2) is 56.1 Å². The fourth-order valence-electron chi connectivity index (χ4n) is 1.18. The summed E-state index contributed by atoms with van der Waals surface area (Å²) in [6.07, 6.45) is 0. The third-order valence-electron chi connectivity index (χ3n) is 2.20. The van der Waals surface area contributed by atoms with Gasteiger partial charge in [-0.25, -0.2) is 9.78 Å². The summed E-state index contributed by atoms with van der Waals surface area (Å²) in [5.41, 5.74) is 0. The van der Waals surface area contributed by atoms with Crippen molar-refractivity contribution in [2.45, 2.75) is 18.9 Å². The summed E-state index contributed by atoms with van der Waals surface area (Å²) in [5.74, 6) is 0. The van der Waals surface area contributed by atoms with E-state index in [2.05, 4.69) is 9.78 Å². The highest BCUT2D eigenvalue weighted by Crippen LogP contribution is 2.37. The molecule has 6 nitrogen and oxygen atoms in total. The van der Waals surface area contributed by atoms with Crippen LogP contribution in [-0.2, 0) is 23.1 Å². The lowest BCUT2D eigenvalue weighted by Crippen LogP contribution is -2.53. The highest BCUT2D eigenvalue weighted by molar-refractivity contribution is 6.64. The molecule has 16 heavy (non-hydrogen) atoms. The predicted octanol–water partition coefficient (Wildman–Crippen LogP) is 0.831. The first-order chi connectivity index (χ1) is 7.41. The normalized spacial score (nSPS) is 12.0. The zero-order valence-electron chi connectivity index (χ0n) is 11.2. The fourth-order valence-corrected chi connectivity index (χ4v) is 3.53. The summed E-state index contributed by atoms with van der Waals surface area (Å²) in [6, 6.07) is 0. The van der Waals surface area contributed by atoms with Crippen molar-refractivity contribution in [3.05, 3.63) is 0 Å². The van der Waals surface area contributed by atoms with Gasteiger partial charge in [0.2, 0.25) is 0 Å². The van der Waals surface area contributed by atoms with Crippen molar-refractivity contribution in [3.8, 4) is 0 Å². The quantitative estimate of drug-likeness (QED) is 0.431. The lowest BCUT2D eigenvalue weighted by atomic mass is 10.2. The third kappa shape index (κ3) is 4.87. The van der Waals surface area contributed by atoms with Crippen LogP contribution < -0.4 is 0 Å². The van der Waals surface area contributed by atoms with Gasteiger partial charge in [0.1, 0.15) is 0 Å². The molecule has 0 atom stereocenters. The van der Waals surface area contributed by atoms with Gasteiger partial charge in [0.05, 0.1) is 25.9 Å². The van der Waals surface area contributed by atoms with Gasteiger partial charge in [-0.05, 0) is 0 Å². The molecule has 0 saturated heterocycles. The molecule has 0 spiro atoms. The molecule has 0 aliphatic carbocycles. The van der Waals surface area contributed by atoms with E-state index in [1.165, 1.54) is 35.5 Å². The molecular weight excluding hydrogens is 232 g/mol. The Morgan fingerprint density at radius 2 is 1.19 bits per heavy atom. The maximum absolute atomic E-state index is 9.12. The van der Waals surface area contributed by atoms with Crippen LogP contribution in [0.3, 0.4) is 0 Å². The summed E-state index contributed by atoms with van der Waals surface area (Å²) in [4.78, 5) is 8.08. The van der Waals surface area contributed by atoms with E-state index in [1.54, 1.807) is 0 Å². The van der Waals surface area contributed by atoms with Gasteiger partial charge in [-0.15, -0.1) is 0 Å². The first-order valence-electron chi connectivity index (χ1n) is 4.74. The molecule has 0 heterocycles. The molecule has 0 aliphatic rings. The van der Waals surface area contributed by atoms with Crippen LogP contribution in [0, 0.1) is 0 Å². The minimum absolute atomic E-state index is 0.0191. The topological polar surface area (TPSA) is 66.4 Å². The minimum atomic E-state index is -2.70. The largest absolute Gasteiger partial charge is 0.508 e. The van der Waals surface area contributed by atoms with Gasteiger partial charge in [-0.3, -0.25) is 0 Å². The van der Waals surface area contributed by atoms with Crippen molar-refractivity contribution in [3.63, 3.8) is 0 Å². The van der Waals surface area contributed by atoms with E-state index in [-0.39, 0.29) is 6.61 Å². The van der Waals surface area contributed by atoms with E-state index in [0.717, 1.165) is 0 Å². The Kier molecular flexibility index (Phi) is 10.4. The SMILES string of the molecule is COOC.CO[Si](OC)(OC)C(C)(C)CO. The lowest BCUT2D eigenvalue weighted by molar-refractivity contribution is -0.248. The first-order valence-corrected chi connectivity index (χ1v) is 6.46. The zero-order valence-corrected chi connectivity index (χ0v) is 12.2. The standard InChI is InChI=1S/C7H18O4Si.C2H6O2/c1-7(2,6-8)12(9-3,10-4)11-5;1-3-4-2/h8H,6H2,1-5H3;1-2H3. The van der Waals surface area contributed by atoms with E-state index in [9.17, 15) is 0 Å². The van der Waals surface area contributed by atoms with Crippen LogP contribution >= 0.6 is 0 Å². The number of aliphatic hydroxyl groups excluding tert-OH is 1. The molecular formula is C9H24O6Si. The smallest absolute Gasteiger partial charge is 0.396 e. The third-order valence-corrected chi connectivity index (χ3v) is 5.63. The Morgan fingerprint density at radius 3 is 1.25 bits per heavy atom. The minimum Gasteiger partial charge on any atom is -0.396 e. The Morgan fingerprint density at radius 1 is 0.875 bits per heavy atom. The maximum atomic E-state index is 9.12. The molecule has 7 heteroatoms. The Hall–Kier alpha value is -0.0231. The molecule has 0 rings (SSSR count). The Labute approximate surface area is 98.7 Å². The van der Waals surface area contributed by atoms with Crippen LogP contribution in [0.4, 0.5) is 0 Å². The van der Waals surface area contributed by atoms with Crippen molar-refractivity contribution < 1.29 is 28.2 Å². The molecule has 0 saturated carbocycles. The Balaban J connectivity index is 0. The second-order valence-electron chi connectivity index (χ2n) is 3.54. The van der Waals surface area contributed by atoms with Gasteiger partial charge in [-0.1, -0.05) is 13.8 Å². The van der Waals surface area contributed by atoms with Gasteiger partial charge in [-0.2, -0.15) is 0 Å². The van der Waals surface area contributed by atoms with Gasteiger partial charge < -0.3 is 18.4 Å². The molecule has 0 aliphatic heterocycles. The Bertz CT molecular complexity index is 150. The molecule has 0 radical (unpaired) electrons. The van der Waals surface area contributed by atoms with Crippen molar-refractivity contribution in [2.24, 2.45) is 0 Å². The first kappa shape index (κ1) is 18.3. The maximum Gasteiger partial charge on any atom is 0.508 e. The van der Waals surface area contributed by atoms with Gasteiger partial charge in [0, 0.05) is 21.3 Å². The second-order valence-corrected chi connectivity index (χ2v) is 7.23. The van der Waals surface area contributed by atoms with Crippen LogP contribution in [0.5, 0.6) is 0 Å². The summed E-state index contributed by atoms with van der Waals surface area (Å²) in [5, 5.41) is 8.65. The number of hydrogen-bond acceptors (Lipinski definition) is 6. The predicted molar refractivity (Wildman–Crippen MR) is 61.9 cm³/mol. The average molecular weight is 256 g/mol. The molecule has 0 fully saturated rings.